The third kappa shape index (κ3) is 1.44. The third-order valence-corrected chi connectivity index (χ3v) is 2.53. The van der Waals surface area contributed by atoms with Crippen molar-refractivity contribution >= 4 is 17.6 Å². The van der Waals surface area contributed by atoms with Crippen LogP contribution in [0.3, 0.4) is 0 Å². The number of thioether (sulfide) groups is 1. The molecule has 68 valence electrons. The van der Waals surface area contributed by atoms with E-state index in [1.54, 1.807) is 6.92 Å². The molecule has 6 heteroatoms. The second kappa shape index (κ2) is 2.88. The van der Waals surface area contributed by atoms with Crippen LogP contribution in [0.1, 0.15) is 5.69 Å². The van der Waals surface area contributed by atoms with E-state index >= 15 is 0 Å². The van der Waals surface area contributed by atoms with Crippen molar-refractivity contribution in [2.24, 2.45) is 10.8 Å². The predicted molar refractivity (Wildman–Crippen MR) is 51.0 cm³/mol. The minimum Gasteiger partial charge on any atom is -0.385 e. The molecule has 13 heavy (non-hydrogen) atoms. The second-order valence-corrected chi connectivity index (χ2v) is 3.65. The van der Waals surface area contributed by atoms with Crippen molar-refractivity contribution in [3.63, 3.8) is 0 Å². The predicted octanol–water partition coefficient (Wildman–Crippen LogP) is -0.222. The van der Waals surface area contributed by atoms with Gasteiger partial charge in [0.15, 0.2) is 5.16 Å². The Balaban J connectivity index is 2.68. The quantitative estimate of drug-likeness (QED) is 0.582. The van der Waals surface area contributed by atoms with E-state index in [4.69, 9.17) is 5.73 Å². The lowest BCUT2D eigenvalue weighted by atomic mass is 10.5. The van der Waals surface area contributed by atoms with E-state index in [0.29, 0.717) is 22.4 Å². The monoisotopic (exact) mass is 196 g/mol. The largest absolute Gasteiger partial charge is 0.385 e. The number of aryl methyl sites for hydroxylation is 1. The van der Waals surface area contributed by atoms with Gasteiger partial charge in [-0.1, -0.05) is 11.8 Å². The highest BCUT2D eigenvalue weighted by molar-refractivity contribution is 7.99. The molecule has 2 rings (SSSR count). The number of fused-ring (bicyclic) bond motifs is 1. The molecule has 0 atom stereocenters. The molecule has 0 amide bonds. The van der Waals surface area contributed by atoms with Crippen LogP contribution in [0.4, 0.5) is 0 Å². The lowest BCUT2D eigenvalue weighted by molar-refractivity contribution is 0.673. The fourth-order valence-corrected chi connectivity index (χ4v) is 1.84. The molecular weight excluding hydrogens is 188 g/mol. The summed E-state index contributed by atoms with van der Waals surface area (Å²) in [6, 6.07) is 1.44. The summed E-state index contributed by atoms with van der Waals surface area (Å²) < 4.78 is 1.23. The summed E-state index contributed by atoms with van der Waals surface area (Å²) in [6.45, 7) is 1.78. The number of hydrogen-bond donors (Lipinski definition) is 1. The first-order valence-electron chi connectivity index (χ1n) is 3.73. The van der Waals surface area contributed by atoms with Crippen LogP contribution < -0.4 is 11.3 Å². The first kappa shape index (κ1) is 8.31. The Bertz CT molecular complexity index is 437. The van der Waals surface area contributed by atoms with E-state index in [1.807, 2.05) is 0 Å². The average molecular weight is 196 g/mol. The van der Waals surface area contributed by atoms with Gasteiger partial charge in [-0.05, 0) is 6.92 Å². The first-order chi connectivity index (χ1) is 6.16. The number of nitrogens with two attached hydrogens (primary N) is 1. The van der Waals surface area contributed by atoms with Gasteiger partial charge in [-0.3, -0.25) is 4.79 Å². The molecule has 0 aromatic carbocycles. The molecule has 2 N–H and O–H groups in total. The first-order valence-corrected chi connectivity index (χ1v) is 4.72. The highest BCUT2D eigenvalue weighted by Gasteiger charge is 2.12. The molecule has 0 saturated heterocycles. The van der Waals surface area contributed by atoms with Crippen molar-refractivity contribution in [2.45, 2.75) is 12.1 Å². The van der Waals surface area contributed by atoms with Crippen LogP contribution in [0.15, 0.2) is 21.1 Å². The molecule has 0 aliphatic carbocycles. The maximum Gasteiger partial charge on any atom is 0.275 e. The molecule has 0 bridgehead atoms. The highest BCUT2D eigenvalue weighted by atomic mass is 32.2. The van der Waals surface area contributed by atoms with Gasteiger partial charge < -0.3 is 5.73 Å². The minimum absolute atomic E-state index is 0.183. The zero-order valence-electron chi connectivity index (χ0n) is 7.02. The van der Waals surface area contributed by atoms with Gasteiger partial charge in [-0.2, -0.15) is 4.68 Å². The summed E-state index contributed by atoms with van der Waals surface area (Å²) in [4.78, 5) is 15.5. The van der Waals surface area contributed by atoms with Gasteiger partial charge in [0, 0.05) is 11.8 Å². The summed E-state index contributed by atoms with van der Waals surface area (Å²) >= 11 is 1.42. The number of hydrogen-bond acceptors (Lipinski definition) is 5. The van der Waals surface area contributed by atoms with Gasteiger partial charge in [-0.25, -0.2) is 4.98 Å². The lowest BCUT2D eigenvalue weighted by Gasteiger charge is -2.12. The number of rotatable bonds is 0. The van der Waals surface area contributed by atoms with Gasteiger partial charge in [0.1, 0.15) is 5.84 Å². The topological polar surface area (TPSA) is 73.3 Å². The van der Waals surface area contributed by atoms with Crippen LogP contribution >= 0.6 is 11.8 Å². The summed E-state index contributed by atoms with van der Waals surface area (Å²) in [5.74, 6) is 1.04. The Kier molecular flexibility index (Phi) is 1.84. The fourth-order valence-electron chi connectivity index (χ4n) is 1.05. The van der Waals surface area contributed by atoms with Gasteiger partial charge in [-0.15, -0.1) is 5.10 Å². The molecule has 0 unspecified atom stereocenters. The molecule has 0 spiro atoms. The summed E-state index contributed by atoms with van der Waals surface area (Å²) in [6.07, 6.45) is 0. The molecule has 0 radical (unpaired) electrons. The molecule has 0 fully saturated rings. The number of nitrogens with zero attached hydrogens (tertiary/aromatic N) is 3. The Morgan fingerprint density at radius 2 is 2.46 bits per heavy atom. The van der Waals surface area contributed by atoms with E-state index in [2.05, 4.69) is 10.1 Å². The van der Waals surface area contributed by atoms with Crippen LogP contribution in [0, 0.1) is 6.92 Å². The molecule has 5 nitrogen and oxygen atoms in total. The van der Waals surface area contributed by atoms with E-state index in [-0.39, 0.29) is 5.56 Å². The Hall–Kier alpha value is -1.30. The minimum atomic E-state index is -0.183. The smallest absolute Gasteiger partial charge is 0.275 e. The van der Waals surface area contributed by atoms with E-state index in [1.165, 1.54) is 22.5 Å². The molecule has 2 heterocycles. The molecule has 1 aliphatic rings. The van der Waals surface area contributed by atoms with Crippen molar-refractivity contribution in [3.8, 4) is 0 Å². The summed E-state index contributed by atoms with van der Waals surface area (Å²) in [7, 11) is 0. The number of amidine groups is 1. The van der Waals surface area contributed by atoms with Crippen molar-refractivity contribution in [1.82, 2.24) is 9.66 Å². The van der Waals surface area contributed by atoms with Gasteiger partial charge in [0.05, 0.1) is 5.75 Å². The zero-order chi connectivity index (χ0) is 9.42. The van der Waals surface area contributed by atoms with Crippen molar-refractivity contribution in [3.05, 3.63) is 22.1 Å². The van der Waals surface area contributed by atoms with E-state index in [9.17, 15) is 4.79 Å². The fraction of sp³-hybridized carbons (Fsp3) is 0.286. The SMILES string of the molecule is Cc1cc(=O)n2c(n1)SCC(N)=N2. The van der Waals surface area contributed by atoms with E-state index in [0.717, 1.165) is 0 Å². The van der Waals surface area contributed by atoms with Crippen LogP contribution in [0.2, 0.25) is 0 Å². The summed E-state index contributed by atoms with van der Waals surface area (Å²) in [5, 5.41) is 4.51. The molecule has 1 aromatic rings. The van der Waals surface area contributed by atoms with Gasteiger partial charge >= 0.3 is 0 Å². The molecular formula is C7H8N4OS. The highest BCUT2D eigenvalue weighted by Crippen LogP contribution is 2.16. The Morgan fingerprint density at radius 3 is 3.23 bits per heavy atom. The number of aromatic nitrogens is 2. The van der Waals surface area contributed by atoms with Gasteiger partial charge in [0.2, 0.25) is 0 Å². The lowest BCUT2D eigenvalue weighted by Crippen LogP contribution is -2.28. The standard InChI is InChI=1S/C7H8N4OS/c1-4-2-6(12)11-7(9-4)13-3-5(8)10-11/h2H,3H2,1H3,(H2,8,10). The Labute approximate surface area is 78.7 Å². The molecule has 1 aliphatic heterocycles. The second-order valence-electron chi connectivity index (χ2n) is 2.71. The zero-order valence-corrected chi connectivity index (χ0v) is 7.84. The van der Waals surface area contributed by atoms with Crippen molar-refractivity contribution < 1.29 is 0 Å². The third-order valence-electron chi connectivity index (χ3n) is 1.57. The van der Waals surface area contributed by atoms with Crippen LogP contribution in [-0.4, -0.2) is 21.2 Å². The van der Waals surface area contributed by atoms with Crippen LogP contribution in [0.25, 0.3) is 0 Å². The summed E-state index contributed by atoms with van der Waals surface area (Å²) in [5.41, 5.74) is 6.02. The maximum atomic E-state index is 11.4. The normalized spacial score (nSPS) is 15.0. The van der Waals surface area contributed by atoms with Crippen molar-refractivity contribution in [1.29, 1.82) is 0 Å². The molecule has 1 aromatic heterocycles. The Morgan fingerprint density at radius 1 is 1.69 bits per heavy atom. The van der Waals surface area contributed by atoms with Crippen LogP contribution in [-0.2, 0) is 0 Å². The molecule has 0 saturated carbocycles. The van der Waals surface area contributed by atoms with Gasteiger partial charge in [0.25, 0.3) is 5.56 Å². The van der Waals surface area contributed by atoms with E-state index < -0.39 is 0 Å². The van der Waals surface area contributed by atoms with Crippen molar-refractivity contribution in [2.75, 3.05) is 5.75 Å². The average Bonchev–Trinajstić information content (AvgIpc) is 2.06. The van der Waals surface area contributed by atoms with Crippen LogP contribution in [0.5, 0.6) is 0 Å². The maximum absolute atomic E-state index is 11.4.